The van der Waals surface area contributed by atoms with Crippen LogP contribution in [0.15, 0.2) is 42.5 Å². The summed E-state index contributed by atoms with van der Waals surface area (Å²) in [5.74, 6) is 1.56. The summed E-state index contributed by atoms with van der Waals surface area (Å²) in [5, 5.41) is 3.57. The lowest BCUT2D eigenvalue weighted by Crippen LogP contribution is -2.39. The molecule has 2 aromatic carbocycles. The third-order valence-corrected chi connectivity index (χ3v) is 4.89. The molecule has 0 unspecified atom stereocenters. The number of anilines is 2. The second-order valence-corrected chi connectivity index (χ2v) is 8.11. The van der Waals surface area contributed by atoms with Crippen molar-refractivity contribution in [1.82, 2.24) is 0 Å². The van der Waals surface area contributed by atoms with Crippen molar-refractivity contribution in [2.45, 2.75) is 33.1 Å². The highest BCUT2D eigenvalue weighted by Gasteiger charge is 2.25. The first-order valence-corrected chi connectivity index (χ1v) is 10.6. The molecule has 0 saturated heterocycles. The lowest BCUT2D eigenvalue weighted by Gasteiger charge is -2.30. The van der Waals surface area contributed by atoms with Crippen LogP contribution in [0, 0.1) is 5.92 Å². The van der Waals surface area contributed by atoms with Gasteiger partial charge >= 0.3 is 0 Å². The van der Waals surface area contributed by atoms with Crippen molar-refractivity contribution in [2.75, 3.05) is 30.0 Å². The molecule has 0 spiro atoms. The van der Waals surface area contributed by atoms with Gasteiger partial charge in [-0.3, -0.25) is 9.59 Å². The molecular formula is C23H27ClN2O4. The summed E-state index contributed by atoms with van der Waals surface area (Å²) in [4.78, 5) is 26.2. The van der Waals surface area contributed by atoms with Crippen molar-refractivity contribution in [3.63, 3.8) is 0 Å². The van der Waals surface area contributed by atoms with Gasteiger partial charge in [0.1, 0.15) is 11.5 Å². The molecule has 1 aliphatic rings. The van der Waals surface area contributed by atoms with Crippen LogP contribution in [0.5, 0.6) is 11.5 Å². The van der Waals surface area contributed by atoms with Crippen LogP contribution >= 0.6 is 11.6 Å². The minimum atomic E-state index is -0.0909. The van der Waals surface area contributed by atoms with E-state index in [1.165, 1.54) is 0 Å². The summed E-state index contributed by atoms with van der Waals surface area (Å²) in [6.45, 7) is 5.13. The van der Waals surface area contributed by atoms with Crippen molar-refractivity contribution in [3.05, 3.63) is 47.5 Å². The molecule has 0 bridgehead atoms. The topological polar surface area (TPSA) is 67.9 Å². The fourth-order valence-electron chi connectivity index (χ4n) is 3.20. The van der Waals surface area contributed by atoms with Crippen LogP contribution in [-0.2, 0) is 9.59 Å². The summed E-state index contributed by atoms with van der Waals surface area (Å²) in [6, 6.07) is 12.6. The maximum absolute atomic E-state index is 12.4. The van der Waals surface area contributed by atoms with Crippen LogP contribution in [0.3, 0.4) is 0 Å². The van der Waals surface area contributed by atoms with Crippen LogP contribution in [0.1, 0.15) is 33.1 Å². The number of unbranched alkanes of at least 4 members (excludes halogenated alkanes) is 1. The molecule has 2 aromatic rings. The Hall–Kier alpha value is -2.73. The van der Waals surface area contributed by atoms with Gasteiger partial charge in [-0.2, -0.15) is 0 Å². The van der Waals surface area contributed by atoms with Crippen LogP contribution in [0.25, 0.3) is 0 Å². The van der Waals surface area contributed by atoms with E-state index in [2.05, 4.69) is 5.32 Å². The molecule has 2 amide bonds. The fourth-order valence-corrected chi connectivity index (χ4v) is 3.33. The summed E-state index contributed by atoms with van der Waals surface area (Å²) >= 11 is 5.87. The van der Waals surface area contributed by atoms with Crippen molar-refractivity contribution < 1.29 is 19.1 Å². The van der Waals surface area contributed by atoms with E-state index in [1.54, 1.807) is 35.2 Å². The first-order chi connectivity index (χ1) is 14.4. The van der Waals surface area contributed by atoms with E-state index in [0.29, 0.717) is 41.7 Å². The highest BCUT2D eigenvalue weighted by atomic mass is 35.5. The van der Waals surface area contributed by atoms with Crippen LogP contribution in [0.2, 0.25) is 5.02 Å². The third-order valence-electron chi connectivity index (χ3n) is 4.64. The normalized spacial score (nSPS) is 13.1. The van der Waals surface area contributed by atoms with E-state index in [4.69, 9.17) is 21.1 Å². The number of hydrogen-bond donors (Lipinski definition) is 1. The summed E-state index contributed by atoms with van der Waals surface area (Å²) < 4.78 is 11.3. The SMILES string of the molecule is CC(C)CC(=O)Nc1ccc2c(c1)N(CCCCOc1ccc(Cl)cc1)C(=O)CO2. The van der Waals surface area contributed by atoms with E-state index in [-0.39, 0.29) is 24.3 Å². The minimum absolute atomic E-state index is 0.0212. The van der Waals surface area contributed by atoms with Crippen molar-refractivity contribution in [1.29, 1.82) is 0 Å². The maximum Gasteiger partial charge on any atom is 0.265 e. The zero-order valence-corrected chi connectivity index (χ0v) is 18.1. The largest absolute Gasteiger partial charge is 0.494 e. The van der Waals surface area contributed by atoms with Gasteiger partial charge in [0.15, 0.2) is 6.61 Å². The molecule has 0 fully saturated rings. The third kappa shape index (κ3) is 6.13. The number of hydrogen-bond acceptors (Lipinski definition) is 4. The Morgan fingerprint density at radius 1 is 1.20 bits per heavy atom. The number of amides is 2. The van der Waals surface area contributed by atoms with E-state index in [9.17, 15) is 9.59 Å². The molecule has 0 atom stereocenters. The molecule has 30 heavy (non-hydrogen) atoms. The molecule has 3 rings (SSSR count). The number of nitrogens with zero attached hydrogens (tertiary/aromatic N) is 1. The van der Waals surface area contributed by atoms with Crippen molar-refractivity contribution in [3.8, 4) is 11.5 Å². The zero-order chi connectivity index (χ0) is 21.5. The minimum Gasteiger partial charge on any atom is -0.494 e. The lowest BCUT2D eigenvalue weighted by atomic mass is 10.1. The number of nitrogens with one attached hydrogen (secondary N) is 1. The van der Waals surface area contributed by atoms with Gasteiger partial charge in [-0.25, -0.2) is 0 Å². The molecule has 0 aromatic heterocycles. The molecule has 160 valence electrons. The standard InChI is InChI=1S/C23H27ClN2O4/c1-16(2)13-22(27)25-18-7-10-21-20(14-18)26(23(28)15-30-21)11-3-4-12-29-19-8-5-17(24)6-9-19/h5-10,14,16H,3-4,11-13,15H2,1-2H3,(H,25,27). The average Bonchev–Trinajstić information content (AvgIpc) is 2.70. The van der Waals surface area contributed by atoms with Crippen molar-refractivity contribution in [2.24, 2.45) is 5.92 Å². The Kier molecular flexibility index (Phi) is 7.57. The van der Waals surface area contributed by atoms with Gasteiger partial charge in [0.2, 0.25) is 5.91 Å². The van der Waals surface area contributed by atoms with Crippen LogP contribution < -0.4 is 19.7 Å². The van der Waals surface area contributed by atoms with Crippen LogP contribution in [0.4, 0.5) is 11.4 Å². The highest BCUT2D eigenvalue weighted by molar-refractivity contribution is 6.30. The van der Waals surface area contributed by atoms with Gasteiger partial charge in [-0.1, -0.05) is 25.4 Å². The Bertz CT molecular complexity index is 883. The van der Waals surface area contributed by atoms with E-state index in [0.717, 1.165) is 18.6 Å². The molecular weight excluding hydrogens is 404 g/mol. The van der Waals surface area contributed by atoms with E-state index >= 15 is 0 Å². The monoisotopic (exact) mass is 430 g/mol. The molecule has 7 heteroatoms. The molecule has 0 radical (unpaired) electrons. The molecule has 0 saturated carbocycles. The quantitative estimate of drug-likeness (QED) is 0.574. The number of carbonyl (C=O) groups is 2. The van der Waals surface area contributed by atoms with Gasteiger partial charge in [0.25, 0.3) is 5.91 Å². The Morgan fingerprint density at radius 3 is 2.70 bits per heavy atom. The smallest absolute Gasteiger partial charge is 0.265 e. The first-order valence-electron chi connectivity index (χ1n) is 10.2. The first kappa shape index (κ1) is 22.0. The summed E-state index contributed by atoms with van der Waals surface area (Å²) in [6.07, 6.45) is 2.03. The number of rotatable bonds is 9. The van der Waals surface area contributed by atoms with Gasteiger partial charge in [0.05, 0.1) is 12.3 Å². The second kappa shape index (κ2) is 10.3. The van der Waals surface area contributed by atoms with Gasteiger partial charge in [-0.15, -0.1) is 0 Å². The molecule has 0 aliphatic carbocycles. The molecule has 1 N–H and O–H groups in total. The lowest BCUT2D eigenvalue weighted by molar-refractivity contribution is -0.121. The molecule has 1 aliphatic heterocycles. The van der Waals surface area contributed by atoms with E-state index in [1.807, 2.05) is 26.0 Å². The zero-order valence-electron chi connectivity index (χ0n) is 17.3. The van der Waals surface area contributed by atoms with Gasteiger partial charge in [-0.05, 0) is 61.2 Å². The fraction of sp³-hybridized carbons (Fsp3) is 0.391. The Balaban J connectivity index is 1.56. The number of benzene rings is 2. The van der Waals surface area contributed by atoms with Crippen LogP contribution in [-0.4, -0.2) is 31.6 Å². The van der Waals surface area contributed by atoms with E-state index < -0.39 is 0 Å². The maximum atomic E-state index is 12.4. The number of carbonyl (C=O) groups excluding carboxylic acids is 2. The predicted molar refractivity (Wildman–Crippen MR) is 119 cm³/mol. The number of fused-ring (bicyclic) bond motifs is 1. The second-order valence-electron chi connectivity index (χ2n) is 7.67. The van der Waals surface area contributed by atoms with Crippen molar-refractivity contribution >= 4 is 34.8 Å². The Morgan fingerprint density at radius 2 is 1.97 bits per heavy atom. The molecule has 1 heterocycles. The predicted octanol–water partition coefficient (Wildman–Crippen LogP) is 4.91. The summed E-state index contributed by atoms with van der Waals surface area (Å²) in [5.41, 5.74) is 1.35. The molecule has 6 nitrogen and oxygen atoms in total. The number of halogens is 1. The average molecular weight is 431 g/mol. The highest BCUT2D eigenvalue weighted by Crippen LogP contribution is 2.35. The van der Waals surface area contributed by atoms with Gasteiger partial charge < -0.3 is 19.7 Å². The van der Waals surface area contributed by atoms with Gasteiger partial charge in [0, 0.05) is 23.7 Å². The number of ether oxygens (including phenoxy) is 2. The summed E-state index contributed by atoms with van der Waals surface area (Å²) in [7, 11) is 0. The Labute approximate surface area is 182 Å².